The van der Waals surface area contributed by atoms with E-state index in [1.807, 2.05) is 13.8 Å². The topological polar surface area (TPSA) is 59.8 Å². The highest BCUT2D eigenvalue weighted by Crippen LogP contribution is 2.35. The van der Waals surface area contributed by atoms with Crippen LogP contribution in [0.25, 0.3) is 0 Å². The van der Waals surface area contributed by atoms with Gasteiger partial charge in [-0.15, -0.1) is 11.3 Å². The van der Waals surface area contributed by atoms with Gasteiger partial charge in [0.15, 0.2) is 0 Å². The number of carbonyl (C=O) groups is 2. The zero-order valence-electron chi connectivity index (χ0n) is 14.6. The number of fused-ring (bicyclic) bond motifs is 1. The summed E-state index contributed by atoms with van der Waals surface area (Å²) in [5, 5.41) is 3.57. The second-order valence-corrected chi connectivity index (χ2v) is 7.67. The molecular weight excluding hydrogens is 312 g/mol. The molecule has 1 amide bonds. The van der Waals surface area contributed by atoms with E-state index in [4.69, 9.17) is 4.74 Å². The van der Waals surface area contributed by atoms with Gasteiger partial charge in [-0.25, -0.2) is 4.79 Å². The molecule has 0 radical (unpaired) electrons. The molecular formula is C17H27N2O3S+. The fourth-order valence-corrected chi connectivity index (χ4v) is 4.05. The van der Waals surface area contributed by atoms with Crippen molar-refractivity contribution in [3.05, 3.63) is 16.0 Å². The Morgan fingerprint density at radius 1 is 1.30 bits per heavy atom. The first-order valence-corrected chi connectivity index (χ1v) is 9.13. The van der Waals surface area contributed by atoms with Crippen LogP contribution in [-0.4, -0.2) is 31.1 Å². The van der Waals surface area contributed by atoms with Crippen molar-refractivity contribution in [1.29, 1.82) is 0 Å². The molecule has 23 heavy (non-hydrogen) atoms. The summed E-state index contributed by atoms with van der Waals surface area (Å²) >= 11 is 1.53. The van der Waals surface area contributed by atoms with E-state index in [1.54, 1.807) is 6.92 Å². The summed E-state index contributed by atoms with van der Waals surface area (Å²) in [6, 6.07) is 0.546. The van der Waals surface area contributed by atoms with E-state index >= 15 is 0 Å². The molecule has 1 aliphatic rings. The fourth-order valence-electron chi connectivity index (χ4n) is 2.76. The first-order valence-electron chi connectivity index (χ1n) is 8.32. The third kappa shape index (κ3) is 3.93. The highest BCUT2D eigenvalue weighted by atomic mass is 32.1. The van der Waals surface area contributed by atoms with Gasteiger partial charge < -0.3 is 15.0 Å². The highest BCUT2D eigenvalue weighted by molar-refractivity contribution is 7.17. The molecule has 1 aromatic heterocycles. The minimum Gasteiger partial charge on any atom is -0.462 e. The Kier molecular flexibility index (Phi) is 5.81. The number of hydrogen-bond donors (Lipinski definition) is 2. The van der Waals surface area contributed by atoms with Gasteiger partial charge in [0.05, 0.1) is 29.6 Å². The molecule has 1 aromatic rings. The van der Waals surface area contributed by atoms with E-state index in [2.05, 4.69) is 19.2 Å². The predicted octanol–water partition coefficient (Wildman–Crippen LogP) is 1.87. The van der Waals surface area contributed by atoms with Crippen molar-refractivity contribution in [3.8, 4) is 0 Å². The minimum absolute atomic E-state index is 0.0674. The molecule has 1 aliphatic heterocycles. The zero-order chi connectivity index (χ0) is 17.1. The number of ether oxygens (including phenoxy) is 1. The maximum absolute atomic E-state index is 12.4. The molecule has 0 bridgehead atoms. The van der Waals surface area contributed by atoms with Gasteiger partial charge >= 0.3 is 5.97 Å². The average Bonchev–Trinajstić information content (AvgIpc) is 2.83. The lowest BCUT2D eigenvalue weighted by molar-refractivity contribution is -0.936. The van der Waals surface area contributed by atoms with Crippen LogP contribution in [-0.2, 0) is 22.5 Å². The van der Waals surface area contributed by atoms with E-state index < -0.39 is 0 Å². The van der Waals surface area contributed by atoms with E-state index in [0.29, 0.717) is 23.2 Å². The Labute approximate surface area is 142 Å². The molecule has 1 unspecified atom stereocenters. The summed E-state index contributed by atoms with van der Waals surface area (Å²) in [6.07, 6.45) is 0.852. The largest absolute Gasteiger partial charge is 0.462 e. The van der Waals surface area contributed by atoms with Gasteiger partial charge in [-0.2, -0.15) is 0 Å². The summed E-state index contributed by atoms with van der Waals surface area (Å²) in [7, 11) is 0. The number of thiophene rings is 1. The molecule has 2 heterocycles. The van der Waals surface area contributed by atoms with Crippen molar-refractivity contribution in [1.82, 2.24) is 0 Å². The van der Waals surface area contributed by atoms with Crippen molar-refractivity contribution in [2.45, 2.75) is 53.6 Å². The van der Waals surface area contributed by atoms with E-state index in [0.717, 1.165) is 25.1 Å². The Hall–Kier alpha value is -1.40. The number of amides is 1. The number of carbonyl (C=O) groups excluding carboxylic acids is 2. The van der Waals surface area contributed by atoms with Crippen LogP contribution in [0.15, 0.2) is 0 Å². The number of anilines is 1. The van der Waals surface area contributed by atoms with Crippen molar-refractivity contribution >= 4 is 28.2 Å². The number of nitrogens with one attached hydrogen (secondary N) is 2. The van der Waals surface area contributed by atoms with E-state index in [1.165, 1.54) is 21.1 Å². The number of quaternary nitrogens is 1. The molecule has 2 rings (SSSR count). The second kappa shape index (κ2) is 7.45. The number of hydrogen-bond acceptors (Lipinski definition) is 4. The van der Waals surface area contributed by atoms with Crippen LogP contribution in [0.2, 0.25) is 0 Å². The normalized spacial score (nSPS) is 17.3. The Morgan fingerprint density at radius 3 is 2.57 bits per heavy atom. The predicted molar refractivity (Wildman–Crippen MR) is 92.1 cm³/mol. The van der Waals surface area contributed by atoms with Crippen LogP contribution >= 0.6 is 11.3 Å². The Morgan fingerprint density at radius 2 is 2.00 bits per heavy atom. The average molecular weight is 339 g/mol. The van der Waals surface area contributed by atoms with Gasteiger partial charge in [-0.05, 0) is 26.3 Å². The van der Waals surface area contributed by atoms with Gasteiger partial charge in [0, 0.05) is 12.3 Å². The third-order valence-corrected chi connectivity index (χ3v) is 5.38. The van der Waals surface area contributed by atoms with Gasteiger partial charge in [-0.1, -0.05) is 13.8 Å². The van der Waals surface area contributed by atoms with Crippen molar-refractivity contribution in [2.75, 3.05) is 18.5 Å². The fraction of sp³-hybridized carbons (Fsp3) is 0.647. The SMILES string of the molecule is CCOC(=O)c1c(NC(=O)C(C)C)sc2c1CC[NH+](C(C)C)C2. The molecule has 2 N–H and O–H groups in total. The maximum Gasteiger partial charge on any atom is 0.341 e. The Balaban J connectivity index is 2.37. The van der Waals surface area contributed by atoms with Crippen molar-refractivity contribution < 1.29 is 19.2 Å². The van der Waals surface area contributed by atoms with Crippen LogP contribution in [0.5, 0.6) is 0 Å². The molecule has 1 atom stereocenters. The second-order valence-electron chi connectivity index (χ2n) is 6.56. The molecule has 0 saturated heterocycles. The number of esters is 1. The minimum atomic E-state index is -0.322. The van der Waals surface area contributed by atoms with Crippen LogP contribution in [0.3, 0.4) is 0 Å². The maximum atomic E-state index is 12.4. The zero-order valence-corrected chi connectivity index (χ0v) is 15.4. The van der Waals surface area contributed by atoms with Crippen LogP contribution in [0, 0.1) is 5.92 Å². The first-order chi connectivity index (χ1) is 10.8. The number of rotatable bonds is 5. The van der Waals surface area contributed by atoms with Gasteiger partial charge in [0.25, 0.3) is 0 Å². The molecule has 0 fully saturated rings. The quantitative estimate of drug-likeness (QED) is 0.805. The summed E-state index contributed by atoms with van der Waals surface area (Å²) in [5.41, 5.74) is 1.64. The first kappa shape index (κ1) is 17.9. The summed E-state index contributed by atoms with van der Waals surface area (Å²) in [4.78, 5) is 27.2. The molecule has 0 aliphatic carbocycles. The molecule has 0 saturated carbocycles. The van der Waals surface area contributed by atoms with Crippen LogP contribution in [0.4, 0.5) is 5.00 Å². The highest BCUT2D eigenvalue weighted by Gasteiger charge is 2.32. The lowest BCUT2D eigenvalue weighted by Crippen LogP contribution is -3.14. The monoisotopic (exact) mass is 339 g/mol. The summed E-state index contributed by atoms with van der Waals surface area (Å²) in [5.74, 6) is -0.513. The summed E-state index contributed by atoms with van der Waals surface area (Å²) in [6.45, 7) is 12.2. The van der Waals surface area contributed by atoms with Gasteiger partial charge in [-0.3, -0.25) is 4.79 Å². The molecule has 0 spiro atoms. The molecule has 5 nitrogen and oxygen atoms in total. The van der Waals surface area contributed by atoms with E-state index in [9.17, 15) is 9.59 Å². The van der Waals surface area contributed by atoms with E-state index in [-0.39, 0.29) is 17.8 Å². The third-order valence-electron chi connectivity index (χ3n) is 4.23. The van der Waals surface area contributed by atoms with Crippen LogP contribution in [0.1, 0.15) is 55.4 Å². The Bertz CT molecular complexity index is 593. The lowest BCUT2D eigenvalue weighted by atomic mass is 10.0. The molecule has 6 heteroatoms. The van der Waals surface area contributed by atoms with Crippen molar-refractivity contribution in [2.24, 2.45) is 5.92 Å². The van der Waals surface area contributed by atoms with Gasteiger partial charge in [0.1, 0.15) is 11.5 Å². The van der Waals surface area contributed by atoms with Crippen LogP contribution < -0.4 is 10.2 Å². The summed E-state index contributed by atoms with van der Waals surface area (Å²) < 4.78 is 5.22. The van der Waals surface area contributed by atoms with Crippen molar-refractivity contribution in [3.63, 3.8) is 0 Å². The molecule has 0 aromatic carbocycles. The lowest BCUT2D eigenvalue weighted by Gasteiger charge is -2.27. The van der Waals surface area contributed by atoms with Gasteiger partial charge in [0.2, 0.25) is 5.91 Å². The standard InChI is InChI=1S/C17H26N2O3S/c1-6-22-17(21)14-12-7-8-19(11(4)5)9-13(12)23-16(14)18-15(20)10(2)3/h10-11H,6-9H2,1-5H3,(H,18,20)/p+1. The molecule has 128 valence electrons. The smallest absolute Gasteiger partial charge is 0.341 e.